The molecule has 4 rings (SSSR count). The highest BCUT2D eigenvalue weighted by Gasteiger charge is 2.15. The Balaban J connectivity index is 1.71. The molecule has 4 aromatic rings. The van der Waals surface area contributed by atoms with Gasteiger partial charge in [-0.2, -0.15) is 0 Å². The molecule has 1 amide bonds. The molecule has 1 aromatic carbocycles. The number of hydrogen-bond acceptors (Lipinski definition) is 4. The lowest BCUT2D eigenvalue weighted by Crippen LogP contribution is -2.24. The standard InChI is InChI=1S/C17H12FN5O/c18-10-1-2-12-13-3-4-21-16(15(13)23-14(12)7-10)17(24)22-9-11-8-19-5-6-20-11/h1-8,23H,9H2,(H,22,24). The van der Waals surface area contributed by atoms with Crippen LogP contribution in [0.2, 0.25) is 0 Å². The van der Waals surface area contributed by atoms with Crippen LogP contribution in [0.4, 0.5) is 4.39 Å². The van der Waals surface area contributed by atoms with Crippen molar-refractivity contribution in [3.05, 3.63) is 66.3 Å². The molecule has 2 N–H and O–H groups in total. The van der Waals surface area contributed by atoms with Gasteiger partial charge in [0.15, 0.2) is 5.69 Å². The molecule has 0 aliphatic carbocycles. The number of benzene rings is 1. The predicted molar refractivity (Wildman–Crippen MR) is 86.8 cm³/mol. The fraction of sp³-hybridized carbons (Fsp3) is 0.0588. The molecule has 0 bridgehead atoms. The third-order valence-corrected chi connectivity index (χ3v) is 3.74. The Morgan fingerprint density at radius 1 is 1.12 bits per heavy atom. The topological polar surface area (TPSA) is 83.6 Å². The van der Waals surface area contributed by atoms with Crippen LogP contribution in [0.5, 0.6) is 0 Å². The minimum atomic E-state index is -0.337. The van der Waals surface area contributed by atoms with Gasteiger partial charge in [0, 0.05) is 34.9 Å². The van der Waals surface area contributed by atoms with E-state index in [0.717, 1.165) is 10.8 Å². The largest absolute Gasteiger partial charge is 0.352 e. The van der Waals surface area contributed by atoms with Crippen LogP contribution >= 0.6 is 0 Å². The first-order valence-electron chi connectivity index (χ1n) is 7.31. The Morgan fingerprint density at radius 3 is 2.88 bits per heavy atom. The molecule has 0 aliphatic heterocycles. The van der Waals surface area contributed by atoms with Crippen LogP contribution in [0.1, 0.15) is 16.2 Å². The average Bonchev–Trinajstić information content (AvgIpc) is 2.98. The third kappa shape index (κ3) is 2.45. The summed E-state index contributed by atoms with van der Waals surface area (Å²) < 4.78 is 13.4. The van der Waals surface area contributed by atoms with E-state index in [1.165, 1.54) is 12.1 Å². The molecule has 3 heterocycles. The molecule has 0 saturated carbocycles. The van der Waals surface area contributed by atoms with E-state index in [9.17, 15) is 9.18 Å². The second kappa shape index (κ2) is 5.69. The van der Waals surface area contributed by atoms with E-state index in [1.807, 2.05) is 0 Å². The number of nitrogens with one attached hydrogen (secondary N) is 2. The lowest BCUT2D eigenvalue weighted by atomic mass is 10.1. The molecule has 7 heteroatoms. The first-order chi connectivity index (χ1) is 11.7. The molecule has 0 saturated heterocycles. The zero-order valence-corrected chi connectivity index (χ0v) is 12.5. The maximum atomic E-state index is 13.4. The molecule has 118 valence electrons. The van der Waals surface area contributed by atoms with Crippen LogP contribution in [0, 0.1) is 5.82 Å². The number of carbonyl (C=O) groups excluding carboxylic acids is 1. The Bertz CT molecular complexity index is 1040. The highest BCUT2D eigenvalue weighted by Crippen LogP contribution is 2.27. The molecular weight excluding hydrogens is 309 g/mol. The Labute approximate surface area is 135 Å². The SMILES string of the molecule is O=C(NCc1cnccn1)c1nccc2c1[nH]c1cc(F)ccc12. The van der Waals surface area contributed by atoms with Gasteiger partial charge in [-0.3, -0.25) is 14.8 Å². The van der Waals surface area contributed by atoms with Gasteiger partial charge in [-0.25, -0.2) is 9.37 Å². The molecule has 0 spiro atoms. The van der Waals surface area contributed by atoms with Crippen LogP contribution in [-0.4, -0.2) is 25.8 Å². The second-order valence-corrected chi connectivity index (χ2v) is 5.28. The van der Waals surface area contributed by atoms with Crippen molar-refractivity contribution >= 4 is 27.7 Å². The minimum Gasteiger partial charge on any atom is -0.352 e. The zero-order valence-electron chi connectivity index (χ0n) is 12.5. The van der Waals surface area contributed by atoms with Crippen molar-refractivity contribution in [3.63, 3.8) is 0 Å². The monoisotopic (exact) mass is 321 g/mol. The lowest BCUT2D eigenvalue weighted by molar-refractivity contribution is 0.0947. The van der Waals surface area contributed by atoms with Crippen molar-refractivity contribution < 1.29 is 9.18 Å². The molecule has 6 nitrogen and oxygen atoms in total. The first kappa shape index (κ1) is 14.3. The van der Waals surface area contributed by atoms with Gasteiger partial charge >= 0.3 is 0 Å². The van der Waals surface area contributed by atoms with Crippen molar-refractivity contribution in [1.29, 1.82) is 0 Å². The van der Waals surface area contributed by atoms with Crippen molar-refractivity contribution in [2.45, 2.75) is 6.54 Å². The normalized spacial score (nSPS) is 11.0. The lowest BCUT2D eigenvalue weighted by Gasteiger charge is -2.04. The molecular formula is C17H12FN5O. The number of nitrogens with zero attached hydrogens (tertiary/aromatic N) is 3. The number of aromatic nitrogens is 4. The van der Waals surface area contributed by atoms with E-state index in [0.29, 0.717) is 16.7 Å². The van der Waals surface area contributed by atoms with Gasteiger partial charge in [0.2, 0.25) is 0 Å². The van der Waals surface area contributed by atoms with E-state index in [4.69, 9.17) is 0 Å². The summed E-state index contributed by atoms with van der Waals surface area (Å²) in [5.41, 5.74) is 2.11. The van der Waals surface area contributed by atoms with E-state index in [1.54, 1.807) is 36.9 Å². The summed E-state index contributed by atoms with van der Waals surface area (Å²) in [4.78, 5) is 27.8. The predicted octanol–water partition coefficient (Wildman–Crippen LogP) is 2.58. The number of carbonyl (C=O) groups is 1. The number of amides is 1. The Kier molecular flexibility index (Phi) is 3.38. The van der Waals surface area contributed by atoms with Crippen LogP contribution in [0.3, 0.4) is 0 Å². The van der Waals surface area contributed by atoms with Gasteiger partial charge in [-0.1, -0.05) is 0 Å². The molecule has 0 atom stereocenters. The molecule has 0 aliphatic rings. The van der Waals surface area contributed by atoms with Crippen LogP contribution < -0.4 is 5.32 Å². The number of H-pyrrole nitrogens is 1. The van der Waals surface area contributed by atoms with Gasteiger partial charge in [0.1, 0.15) is 5.82 Å². The van der Waals surface area contributed by atoms with E-state index in [-0.39, 0.29) is 24.0 Å². The highest BCUT2D eigenvalue weighted by atomic mass is 19.1. The maximum Gasteiger partial charge on any atom is 0.272 e. The summed E-state index contributed by atoms with van der Waals surface area (Å²) in [5.74, 6) is -0.672. The summed E-state index contributed by atoms with van der Waals surface area (Å²) in [6.45, 7) is 0.250. The van der Waals surface area contributed by atoms with E-state index >= 15 is 0 Å². The Morgan fingerprint density at radius 2 is 2.04 bits per heavy atom. The van der Waals surface area contributed by atoms with Crippen molar-refractivity contribution in [1.82, 2.24) is 25.3 Å². The smallest absolute Gasteiger partial charge is 0.272 e. The van der Waals surface area contributed by atoms with Crippen LogP contribution in [-0.2, 0) is 6.54 Å². The molecule has 0 fully saturated rings. The number of halogens is 1. The van der Waals surface area contributed by atoms with Crippen LogP contribution in [0.15, 0.2) is 49.1 Å². The number of pyridine rings is 1. The maximum absolute atomic E-state index is 13.4. The highest BCUT2D eigenvalue weighted by molar-refractivity contribution is 6.13. The van der Waals surface area contributed by atoms with Gasteiger partial charge in [0.25, 0.3) is 5.91 Å². The summed E-state index contributed by atoms with van der Waals surface area (Å²) in [7, 11) is 0. The molecule has 3 aromatic heterocycles. The summed E-state index contributed by atoms with van der Waals surface area (Å²) >= 11 is 0. The van der Waals surface area contributed by atoms with Crippen molar-refractivity contribution in [2.24, 2.45) is 0 Å². The zero-order chi connectivity index (χ0) is 16.5. The fourth-order valence-electron chi connectivity index (χ4n) is 2.65. The third-order valence-electron chi connectivity index (χ3n) is 3.74. The van der Waals surface area contributed by atoms with Gasteiger partial charge in [0.05, 0.1) is 24.0 Å². The quantitative estimate of drug-likeness (QED) is 0.607. The summed E-state index contributed by atoms with van der Waals surface area (Å²) in [5, 5.41) is 4.43. The molecule has 0 radical (unpaired) electrons. The second-order valence-electron chi connectivity index (χ2n) is 5.28. The van der Waals surface area contributed by atoms with Crippen molar-refractivity contribution in [3.8, 4) is 0 Å². The number of rotatable bonds is 3. The average molecular weight is 321 g/mol. The van der Waals surface area contributed by atoms with Gasteiger partial charge in [-0.05, 0) is 24.3 Å². The van der Waals surface area contributed by atoms with E-state index < -0.39 is 0 Å². The number of hydrogen-bond donors (Lipinski definition) is 2. The van der Waals surface area contributed by atoms with Gasteiger partial charge in [-0.15, -0.1) is 0 Å². The van der Waals surface area contributed by atoms with Gasteiger partial charge < -0.3 is 10.3 Å². The van der Waals surface area contributed by atoms with Crippen LogP contribution in [0.25, 0.3) is 21.8 Å². The minimum absolute atomic E-state index is 0.250. The first-order valence-corrected chi connectivity index (χ1v) is 7.31. The van der Waals surface area contributed by atoms with Crippen molar-refractivity contribution in [2.75, 3.05) is 0 Å². The number of fused-ring (bicyclic) bond motifs is 3. The molecule has 24 heavy (non-hydrogen) atoms. The Hall–Kier alpha value is -3.35. The van der Waals surface area contributed by atoms with E-state index in [2.05, 4.69) is 25.3 Å². The summed E-state index contributed by atoms with van der Waals surface area (Å²) in [6, 6.07) is 6.27. The fourth-order valence-corrected chi connectivity index (χ4v) is 2.65. The number of aromatic amines is 1. The summed E-state index contributed by atoms with van der Waals surface area (Å²) in [6.07, 6.45) is 6.28. The molecule has 0 unspecified atom stereocenters.